The van der Waals surface area contributed by atoms with Crippen LogP contribution in [0.3, 0.4) is 0 Å². The molecule has 1 aromatic carbocycles. The molecule has 0 saturated carbocycles. The zero-order chi connectivity index (χ0) is 12.1. The Labute approximate surface area is 112 Å². The van der Waals surface area contributed by atoms with Crippen molar-refractivity contribution in [2.45, 2.75) is 25.4 Å². The van der Waals surface area contributed by atoms with Gasteiger partial charge in [0, 0.05) is 23.2 Å². The highest BCUT2D eigenvalue weighted by Gasteiger charge is 2.14. The van der Waals surface area contributed by atoms with Gasteiger partial charge in [-0.3, -0.25) is 0 Å². The molecule has 2 nitrogen and oxygen atoms in total. The van der Waals surface area contributed by atoms with Crippen LogP contribution in [0.5, 0.6) is 0 Å². The summed E-state index contributed by atoms with van der Waals surface area (Å²) in [4.78, 5) is 0. The second kappa shape index (κ2) is 6.60. The highest BCUT2D eigenvalue weighted by Crippen LogP contribution is 2.20. The highest BCUT2D eigenvalue weighted by atomic mass is 35.5. The molecule has 0 bridgehead atoms. The first-order valence-corrected chi connectivity index (χ1v) is 6.77. The van der Waals surface area contributed by atoms with Gasteiger partial charge in [0.05, 0.1) is 6.10 Å². The van der Waals surface area contributed by atoms with E-state index in [0.29, 0.717) is 6.10 Å². The molecule has 1 aliphatic rings. The van der Waals surface area contributed by atoms with Crippen molar-refractivity contribution in [3.05, 3.63) is 33.8 Å². The third-order valence-electron chi connectivity index (χ3n) is 2.97. The second-order valence-corrected chi connectivity index (χ2v) is 5.17. The van der Waals surface area contributed by atoms with E-state index in [0.717, 1.165) is 41.7 Å². The number of hydrogen-bond acceptors (Lipinski definition) is 2. The third kappa shape index (κ3) is 4.14. The lowest BCUT2D eigenvalue weighted by Gasteiger charge is -2.11. The summed E-state index contributed by atoms with van der Waals surface area (Å²) in [7, 11) is 0. The maximum Gasteiger partial charge on any atom is 0.0700 e. The maximum atomic E-state index is 6.09. The fourth-order valence-electron chi connectivity index (χ4n) is 2.03. The van der Waals surface area contributed by atoms with Crippen LogP contribution in [-0.4, -0.2) is 25.8 Å². The molecule has 4 heteroatoms. The van der Waals surface area contributed by atoms with Gasteiger partial charge in [0.15, 0.2) is 0 Å². The summed E-state index contributed by atoms with van der Waals surface area (Å²) < 4.78 is 5.54. The van der Waals surface area contributed by atoms with Crippen LogP contribution in [0.4, 0.5) is 0 Å². The monoisotopic (exact) mass is 273 g/mol. The molecule has 1 aromatic rings. The Balaban J connectivity index is 1.72. The van der Waals surface area contributed by atoms with E-state index < -0.39 is 0 Å². The van der Waals surface area contributed by atoms with Gasteiger partial charge in [-0.25, -0.2) is 0 Å². The largest absolute Gasteiger partial charge is 0.377 e. The minimum Gasteiger partial charge on any atom is -0.377 e. The lowest BCUT2D eigenvalue weighted by atomic mass is 10.1. The van der Waals surface area contributed by atoms with Crippen molar-refractivity contribution in [1.82, 2.24) is 5.32 Å². The summed E-state index contributed by atoms with van der Waals surface area (Å²) in [5.41, 5.74) is 1.10. The van der Waals surface area contributed by atoms with Crippen LogP contribution in [0.15, 0.2) is 18.2 Å². The van der Waals surface area contributed by atoms with Gasteiger partial charge in [-0.1, -0.05) is 23.2 Å². The van der Waals surface area contributed by atoms with Gasteiger partial charge < -0.3 is 10.1 Å². The zero-order valence-corrected chi connectivity index (χ0v) is 11.2. The van der Waals surface area contributed by atoms with Crippen LogP contribution < -0.4 is 5.32 Å². The molecule has 1 heterocycles. The Hall–Kier alpha value is -0.280. The lowest BCUT2D eigenvalue weighted by Crippen LogP contribution is -2.27. The fraction of sp³-hybridized carbons (Fsp3) is 0.538. The minimum absolute atomic E-state index is 0.393. The molecule has 0 aliphatic carbocycles. The first-order valence-electron chi connectivity index (χ1n) is 6.02. The first-order chi connectivity index (χ1) is 8.25. The van der Waals surface area contributed by atoms with Crippen molar-refractivity contribution in [3.8, 4) is 0 Å². The zero-order valence-electron chi connectivity index (χ0n) is 9.72. The van der Waals surface area contributed by atoms with Crippen molar-refractivity contribution in [2.75, 3.05) is 19.7 Å². The van der Waals surface area contributed by atoms with Crippen LogP contribution in [0, 0.1) is 0 Å². The topological polar surface area (TPSA) is 21.3 Å². The van der Waals surface area contributed by atoms with E-state index >= 15 is 0 Å². The van der Waals surface area contributed by atoms with E-state index in [-0.39, 0.29) is 0 Å². The average Bonchev–Trinajstić information content (AvgIpc) is 2.82. The number of nitrogens with one attached hydrogen (secondary N) is 1. The van der Waals surface area contributed by atoms with Gasteiger partial charge >= 0.3 is 0 Å². The standard InChI is InChI=1S/C13H17Cl2NO/c14-11-3-4-13(15)10(8-11)5-6-16-9-12-2-1-7-17-12/h3-4,8,12,16H,1-2,5-7,9H2. The van der Waals surface area contributed by atoms with E-state index in [9.17, 15) is 0 Å². The van der Waals surface area contributed by atoms with Crippen molar-refractivity contribution >= 4 is 23.2 Å². The summed E-state index contributed by atoms with van der Waals surface area (Å²) in [6.45, 7) is 2.74. The van der Waals surface area contributed by atoms with Crippen molar-refractivity contribution in [2.24, 2.45) is 0 Å². The predicted octanol–water partition coefficient (Wildman–Crippen LogP) is 3.30. The second-order valence-electron chi connectivity index (χ2n) is 4.32. The molecule has 2 rings (SSSR count). The fourth-order valence-corrected chi connectivity index (χ4v) is 2.43. The summed E-state index contributed by atoms with van der Waals surface area (Å²) in [6, 6.07) is 5.59. The van der Waals surface area contributed by atoms with Gasteiger partial charge in [-0.15, -0.1) is 0 Å². The van der Waals surface area contributed by atoms with E-state index in [1.165, 1.54) is 12.8 Å². The van der Waals surface area contributed by atoms with E-state index in [2.05, 4.69) is 5.32 Å². The van der Waals surface area contributed by atoms with Gasteiger partial charge in [0.25, 0.3) is 0 Å². The molecule has 94 valence electrons. The Morgan fingerprint density at radius 3 is 3.00 bits per heavy atom. The molecule has 1 fully saturated rings. The average molecular weight is 274 g/mol. The lowest BCUT2D eigenvalue weighted by molar-refractivity contribution is 0.110. The van der Waals surface area contributed by atoms with Gasteiger partial charge in [-0.2, -0.15) is 0 Å². The Morgan fingerprint density at radius 2 is 2.24 bits per heavy atom. The normalized spacial score (nSPS) is 19.8. The smallest absolute Gasteiger partial charge is 0.0700 e. The number of hydrogen-bond donors (Lipinski definition) is 1. The SMILES string of the molecule is Clc1ccc(Cl)c(CCNCC2CCCO2)c1. The number of benzene rings is 1. The highest BCUT2D eigenvalue weighted by molar-refractivity contribution is 6.33. The van der Waals surface area contributed by atoms with Crippen LogP contribution in [-0.2, 0) is 11.2 Å². The Kier molecular flexibility index (Phi) is 5.11. The molecule has 0 amide bonds. The van der Waals surface area contributed by atoms with E-state index in [1.54, 1.807) is 0 Å². The van der Waals surface area contributed by atoms with Crippen molar-refractivity contribution < 1.29 is 4.74 Å². The molecule has 1 unspecified atom stereocenters. The molecule has 1 saturated heterocycles. The minimum atomic E-state index is 0.393. The molecule has 0 aromatic heterocycles. The third-order valence-corrected chi connectivity index (χ3v) is 3.58. The van der Waals surface area contributed by atoms with Crippen LogP contribution in [0.25, 0.3) is 0 Å². The van der Waals surface area contributed by atoms with E-state index in [1.807, 2.05) is 18.2 Å². The summed E-state index contributed by atoms with van der Waals surface area (Å²) >= 11 is 12.0. The molecule has 0 spiro atoms. The predicted molar refractivity (Wildman–Crippen MR) is 72.0 cm³/mol. The quantitative estimate of drug-likeness (QED) is 0.832. The summed E-state index contributed by atoms with van der Waals surface area (Å²) in [6.07, 6.45) is 3.65. The number of halogens is 2. The first kappa shape index (κ1) is 13.2. The van der Waals surface area contributed by atoms with Gasteiger partial charge in [0.1, 0.15) is 0 Å². The summed E-state index contributed by atoms with van der Waals surface area (Å²) in [5.74, 6) is 0. The molecule has 1 atom stereocenters. The number of rotatable bonds is 5. The molecular formula is C13H17Cl2NO. The van der Waals surface area contributed by atoms with E-state index in [4.69, 9.17) is 27.9 Å². The number of ether oxygens (including phenoxy) is 1. The Morgan fingerprint density at radius 1 is 1.35 bits per heavy atom. The van der Waals surface area contributed by atoms with Crippen LogP contribution in [0.1, 0.15) is 18.4 Å². The molecule has 0 radical (unpaired) electrons. The van der Waals surface area contributed by atoms with Crippen LogP contribution in [0.2, 0.25) is 10.0 Å². The van der Waals surface area contributed by atoms with Crippen molar-refractivity contribution in [3.63, 3.8) is 0 Å². The molecule has 17 heavy (non-hydrogen) atoms. The van der Waals surface area contributed by atoms with Crippen LogP contribution >= 0.6 is 23.2 Å². The molecular weight excluding hydrogens is 257 g/mol. The summed E-state index contributed by atoms with van der Waals surface area (Å²) in [5, 5.41) is 4.92. The maximum absolute atomic E-state index is 6.09. The Bertz CT molecular complexity index is 364. The van der Waals surface area contributed by atoms with Gasteiger partial charge in [-0.05, 0) is 49.6 Å². The molecule has 1 N–H and O–H groups in total. The van der Waals surface area contributed by atoms with Gasteiger partial charge in [0.2, 0.25) is 0 Å². The van der Waals surface area contributed by atoms with Crippen molar-refractivity contribution in [1.29, 1.82) is 0 Å². The molecule has 1 aliphatic heterocycles.